The van der Waals surface area contributed by atoms with Gasteiger partial charge in [-0.15, -0.1) is 0 Å². The van der Waals surface area contributed by atoms with E-state index < -0.39 is 0 Å². The average Bonchev–Trinajstić information content (AvgIpc) is 2.48. The first-order chi connectivity index (χ1) is 9.34. The van der Waals surface area contributed by atoms with Crippen molar-refractivity contribution in [2.45, 2.75) is 25.3 Å². The Morgan fingerprint density at radius 2 is 2.26 bits per heavy atom. The van der Waals surface area contributed by atoms with Crippen LogP contribution in [0, 0.1) is 0 Å². The zero-order valence-electron chi connectivity index (χ0n) is 10.7. The summed E-state index contributed by atoms with van der Waals surface area (Å²) in [5.41, 5.74) is 3.21. The van der Waals surface area contributed by atoms with Crippen LogP contribution in [0.5, 0.6) is 0 Å². The highest BCUT2D eigenvalue weighted by Crippen LogP contribution is 2.29. The maximum absolute atomic E-state index is 12.2. The molecule has 98 valence electrons. The first kappa shape index (κ1) is 12.0. The first-order valence-corrected chi connectivity index (χ1v) is 6.68. The SMILES string of the molecule is O=C(NC1CCCc2ccccc21)C1=CCN=CN1. The van der Waals surface area contributed by atoms with Gasteiger partial charge in [0.1, 0.15) is 5.70 Å². The largest absolute Gasteiger partial charge is 0.344 e. The molecule has 0 spiro atoms. The normalized spacial score (nSPS) is 21.1. The number of nitrogens with zero attached hydrogens (tertiary/aromatic N) is 1. The standard InChI is InChI=1S/C15H17N3O/c19-15(14-8-9-16-10-17-14)18-13-7-3-5-11-4-1-2-6-12(11)13/h1-2,4,6,8,10,13H,3,5,7,9H2,(H,16,17)(H,18,19). The second-order valence-electron chi connectivity index (χ2n) is 4.87. The van der Waals surface area contributed by atoms with E-state index in [-0.39, 0.29) is 11.9 Å². The monoisotopic (exact) mass is 255 g/mol. The number of fused-ring (bicyclic) bond motifs is 1. The van der Waals surface area contributed by atoms with Gasteiger partial charge in [0, 0.05) is 0 Å². The Morgan fingerprint density at radius 3 is 3.11 bits per heavy atom. The molecule has 1 aromatic carbocycles. The van der Waals surface area contributed by atoms with Crippen LogP contribution in [0.25, 0.3) is 0 Å². The lowest BCUT2D eigenvalue weighted by molar-refractivity contribution is -0.118. The van der Waals surface area contributed by atoms with Gasteiger partial charge in [0.15, 0.2) is 0 Å². The molecule has 1 atom stereocenters. The van der Waals surface area contributed by atoms with Crippen molar-refractivity contribution in [3.05, 3.63) is 47.2 Å². The molecule has 1 unspecified atom stereocenters. The Bertz CT molecular complexity index is 548. The third-order valence-corrected chi connectivity index (χ3v) is 3.63. The lowest BCUT2D eigenvalue weighted by Gasteiger charge is -2.26. The first-order valence-electron chi connectivity index (χ1n) is 6.68. The van der Waals surface area contributed by atoms with Crippen molar-refractivity contribution in [1.29, 1.82) is 0 Å². The summed E-state index contributed by atoms with van der Waals surface area (Å²) in [7, 11) is 0. The smallest absolute Gasteiger partial charge is 0.267 e. The quantitative estimate of drug-likeness (QED) is 0.845. The average molecular weight is 255 g/mol. The summed E-state index contributed by atoms with van der Waals surface area (Å²) in [5, 5.41) is 6.00. The van der Waals surface area contributed by atoms with Gasteiger partial charge in [-0.3, -0.25) is 9.79 Å². The van der Waals surface area contributed by atoms with Crippen LogP contribution in [0.4, 0.5) is 0 Å². The van der Waals surface area contributed by atoms with Crippen LogP contribution in [0.3, 0.4) is 0 Å². The molecule has 0 radical (unpaired) electrons. The van der Waals surface area contributed by atoms with E-state index in [1.807, 2.05) is 12.1 Å². The number of aliphatic imine (C=N–C) groups is 1. The fourth-order valence-electron chi connectivity index (χ4n) is 2.67. The number of aryl methyl sites for hydroxylation is 1. The molecule has 1 aromatic rings. The maximum atomic E-state index is 12.2. The van der Waals surface area contributed by atoms with Crippen molar-refractivity contribution in [3.63, 3.8) is 0 Å². The van der Waals surface area contributed by atoms with E-state index >= 15 is 0 Å². The maximum Gasteiger partial charge on any atom is 0.267 e. The van der Waals surface area contributed by atoms with Gasteiger partial charge in [-0.05, 0) is 36.5 Å². The van der Waals surface area contributed by atoms with Crippen molar-refractivity contribution in [2.24, 2.45) is 4.99 Å². The molecule has 0 aromatic heterocycles. The molecule has 1 aliphatic carbocycles. The molecule has 2 aliphatic rings. The second-order valence-corrected chi connectivity index (χ2v) is 4.87. The Balaban J connectivity index is 1.74. The number of benzene rings is 1. The second kappa shape index (κ2) is 5.26. The number of hydrogen-bond donors (Lipinski definition) is 2. The summed E-state index contributed by atoms with van der Waals surface area (Å²) in [5.74, 6) is -0.0483. The third kappa shape index (κ3) is 2.52. The minimum Gasteiger partial charge on any atom is -0.344 e. The molecule has 3 rings (SSSR count). The topological polar surface area (TPSA) is 53.5 Å². The summed E-state index contributed by atoms with van der Waals surface area (Å²) in [6.45, 7) is 0.566. The van der Waals surface area contributed by atoms with Gasteiger partial charge >= 0.3 is 0 Å². The van der Waals surface area contributed by atoms with Crippen LogP contribution in [0.1, 0.15) is 30.0 Å². The number of rotatable bonds is 2. The van der Waals surface area contributed by atoms with E-state index in [0.717, 1.165) is 19.3 Å². The number of hydrogen-bond acceptors (Lipinski definition) is 3. The Kier molecular flexibility index (Phi) is 3.31. The molecule has 2 N–H and O–H groups in total. The van der Waals surface area contributed by atoms with Crippen LogP contribution in [0.15, 0.2) is 41.0 Å². The molecular weight excluding hydrogens is 238 g/mol. The number of amides is 1. The summed E-state index contributed by atoms with van der Waals surface area (Å²) in [4.78, 5) is 16.2. The predicted molar refractivity (Wildman–Crippen MR) is 74.8 cm³/mol. The number of carbonyl (C=O) groups excluding carboxylic acids is 1. The predicted octanol–water partition coefficient (Wildman–Crippen LogP) is 1.70. The molecule has 0 saturated heterocycles. The van der Waals surface area contributed by atoms with E-state index in [2.05, 4.69) is 33.8 Å². The summed E-state index contributed by atoms with van der Waals surface area (Å²) >= 11 is 0. The minimum atomic E-state index is -0.0483. The van der Waals surface area contributed by atoms with Crippen molar-refractivity contribution < 1.29 is 4.79 Å². The van der Waals surface area contributed by atoms with Gasteiger partial charge in [-0.2, -0.15) is 0 Å². The van der Waals surface area contributed by atoms with Crippen molar-refractivity contribution in [3.8, 4) is 0 Å². The molecule has 1 amide bonds. The minimum absolute atomic E-state index is 0.0483. The van der Waals surface area contributed by atoms with Gasteiger partial charge in [0.05, 0.1) is 18.9 Å². The number of nitrogens with one attached hydrogen (secondary N) is 2. The number of carbonyl (C=O) groups is 1. The lowest BCUT2D eigenvalue weighted by atomic mass is 9.87. The zero-order chi connectivity index (χ0) is 13.1. The highest BCUT2D eigenvalue weighted by atomic mass is 16.2. The molecular formula is C15H17N3O. The molecule has 0 bridgehead atoms. The van der Waals surface area contributed by atoms with Crippen molar-refractivity contribution >= 4 is 12.2 Å². The highest BCUT2D eigenvalue weighted by Gasteiger charge is 2.22. The van der Waals surface area contributed by atoms with E-state index in [9.17, 15) is 4.79 Å². The van der Waals surface area contributed by atoms with E-state index in [1.54, 1.807) is 6.34 Å². The van der Waals surface area contributed by atoms with Crippen LogP contribution in [0.2, 0.25) is 0 Å². The third-order valence-electron chi connectivity index (χ3n) is 3.63. The molecule has 1 heterocycles. The van der Waals surface area contributed by atoms with Gasteiger partial charge in [0.2, 0.25) is 0 Å². The van der Waals surface area contributed by atoms with Gasteiger partial charge in [-0.1, -0.05) is 24.3 Å². The fraction of sp³-hybridized carbons (Fsp3) is 0.333. The Hall–Kier alpha value is -2.10. The van der Waals surface area contributed by atoms with Gasteiger partial charge < -0.3 is 10.6 Å². The van der Waals surface area contributed by atoms with Gasteiger partial charge in [0.25, 0.3) is 5.91 Å². The van der Waals surface area contributed by atoms with E-state index in [4.69, 9.17) is 0 Å². The van der Waals surface area contributed by atoms with Crippen molar-refractivity contribution in [1.82, 2.24) is 10.6 Å². The van der Waals surface area contributed by atoms with Crippen LogP contribution < -0.4 is 10.6 Å². The van der Waals surface area contributed by atoms with Crippen LogP contribution in [-0.2, 0) is 11.2 Å². The summed E-state index contributed by atoms with van der Waals surface area (Å²) < 4.78 is 0. The van der Waals surface area contributed by atoms with E-state index in [1.165, 1.54) is 11.1 Å². The molecule has 19 heavy (non-hydrogen) atoms. The van der Waals surface area contributed by atoms with Crippen LogP contribution >= 0.6 is 0 Å². The molecule has 1 aliphatic heterocycles. The van der Waals surface area contributed by atoms with E-state index in [0.29, 0.717) is 12.2 Å². The zero-order valence-corrected chi connectivity index (χ0v) is 10.7. The summed E-state index contributed by atoms with van der Waals surface area (Å²) in [6.07, 6.45) is 6.62. The Morgan fingerprint density at radius 1 is 1.37 bits per heavy atom. The van der Waals surface area contributed by atoms with Gasteiger partial charge in [-0.25, -0.2) is 0 Å². The van der Waals surface area contributed by atoms with Crippen molar-refractivity contribution in [2.75, 3.05) is 6.54 Å². The highest BCUT2D eigenvalue weighted by molar-refractivity contribution is 5.95. The molecule has 0 saturated carbocycles. The summed E-state index contributed by atoms with van der Waals surface area (Å²) in [6, 6.07) is 8.49. The molecule has 4 heteroatoms. The molecule has 0 fully saturated rings. The molecule has 4 nitrogen and oxygen atoms in total. The Labute approximate surface area is 112 Å². The van der Waals surface area contributed by atoms with Crippen LogP contribution in [-0.4, -0.2) is 18.8 Å². The lowest BCUT2D eigenvalue weighted by Crippen LogP contribution is -2.36. The fourth-order valence-corrected chi connectivity index (χ4v) is 2.67.